The maximum atomic E-state index is 5.24. The topological polar surface area (TPSA) is 47.3 Å². The zero-order chi connectivity index (χ0) is 8.93. The Morgan fingerprint density at radius 2 is 2.62 bits per heavy atom. The second kappa shape index (κ2) is 4.08. The van der Waals surface area contributed by atoms with Crippen LogP contribution in [0.3, 0.4) is 0 Å². The highest BCUT2D eigenvalue weighted by Gasteiger charge is 2.08. The minimum Gasteiger partial charge on any atom is -0.377 e. The highest BCUT2D eigenvalue weighted by molar-refractivity contribution is 5.25. The van der Waals surface area contributed by atoms with Gasteiger partial charge in [0.2, 0.25) is 5.76 Å². The second-order valence-electron chi connectivity index (χ2n) is 2.73. The van der Waals surface area contributed by atoms with Crippen molar-refractivity contribution in [3.8, 4) is 11.8 Å². The number of nitrogens with zero attached hydrogens (tertiary/aromatic N) is 1. The Morgan fingerprint density at radius 1 is 1.62 bits per heavy atom. The minimum atomic E-state index is 0.110. The van der Waals surface area contributed by atoms with Gasteiger partial charge < -0.3 is 9.26 Å². The van der Waals surface area contributed by atoms with Gasteiger partial charge in [0, 0.05) is 12.6 Å². The van der Waals surface area contributed by atoms with Crippen molar-refractivity contribution in [2.45, 2.75) is 6.04 Å². The minimum absolute atomic E-state index is 0.110. The van der Waals surface area contributed by atoms with Crippen molar-refractivity contribution in [2.75, 3.05) is 19.8 Å². The zero-order valence-electron chi connectivity index (χ0n) is 7.12. The van der Waals surface area contributed by atoms with Gasteiger partial charge in [-0.05, 0) is 5.92 Å². The lowest BCUT2D eigenvalue weighted by Crippen LogP contribution is -2.40. The number of aromatic nitrogens is 1. The molecule has 68 valence electrons. The summed E-state index contributed by atoms with van der Waals surface area (Å²) in [6.07, 6.45) is 1.58. The second-order valence-corrected chi connectivity index (χ2v) is 2.73. The molecule has 4 nitrogen and oxygen atoms in total. The molecule has 0 bridgehead atoms. The molecule has 1 unspecified atom stereocenters. The van der Waals surface area contributed by atoms with Crippen LogP contribution < -0.4 is 5.32 Å². The summed E-state index contributed by atoms with van der Waals surface area (Å²) in [6, 6.07) is 1.84. The van der Waals surface area contributed by atoms with E-state index in [0.717, 1.165) is 13.2 Å². The first-order valence-electron chi connectivity index (χ1n) is 4.18. The number of ether oxygens (including phenoxy) is 1. The summed E-state index contributed by atoms with van der Waals surface area (Å²) in [5.41, 5.74) is 0. The standard InChI is InChI=1S/C9H10N2O2/c1(2-9-3-4-11-13-9)8-7-12-6-5-10-8/h3-4,8,10H,5-7H2. The van der Waals surface area contributed by atoms with E-state index in [1.54, 1.807) is 12.3 Å². The lowest BCUT2D eigenvalue weighted by molar-refractivity contribution is 0.0925. The van der Waals surface area contributed by atoms with Crippen LogP contribution in [0.5, 0.6) is 0 Å². The highest BCUT2D eigenvalue weighted by Crippen LogP contribution is 1.95. The molecule has 1 saturated heterocycles. The summed E-state index contributed by atoms with van der Waals surface area (Å²) in [5, 5.41) is 6.78. The van der Waals surface area contributed by atoms with Gasteiger partial charge in [-0.3, -0.25) is 5.32 Å². The van der Waals surface area contributed by atoms with Crippen molar-refractivity contribution in [1.29, 1.82) is 0 Å². The quantitative estimate of drug-likeness (QED) is 0.569. The Bertz CT molecular complexity index is 304. The van der Waals surface area contributed by atoms with Crippen LogP contribution in [-0.2, 0) is 4.74 Å². The molecule has 4 heteroatoms. The Labute approximate surface area is 76.2 Å². The van der Waals surface area contributed by atoms with Crippen LogP contribution in [0.1, 0.15) is 5.76 Å². The molecule has 1 aliphatic heterocycles. The summed E-state index contributed by atoms with van der Waals surface area (Å²) in [7, 11) is 0. The van der Waals surface area contributed by atoms with Crippen molar-refractivity contribution in [1.82, 2.24) is 10.5 Å². The molecule has 1 atom stereocenters. The highest BCUT2D eigenvalue weighted by atomic mass is 16.5. The first-order chi connectivity index (χ1) is 6.45. The molecule has 1 aromatic rings. The van der Waals surface area contributed by atoms with Gasteiger partial charge in [-0.2, -0.15) is 0 Å². The van der Waals surface area contributed by atoms with Gasteiger partial charge >= 0.3 is 0 Å². The molecule has 0 amide bonds. The van der Waals surface area contributed by atoms with Gasteiger partial charge in [0.25, 0.3) is 0 Å². The molecular formula is C9H10N2O2. The van der Waals surface area contributed by atoms with Crippen molar-refractivity contribution in [3.05, 3.63) is 18.0 Å². The van der Waals surface area contributed by atoms with E-state index in [1.807, 2.05) is 0 Å². The number of hydrogen-bond donors (Lipinski definition) is 1. The fourth-order valence-electron chi connectivity index (χ4n) is 1.10. The maximum Gasteiger partial charge on any atom is 0.209 e. The molecular weight excluding hydrogens is 168 g/mol. The van der Waals surface area contributed by atoms with E-state index in [1.165, 1.54) is 0 Å². The van der Waals surface area contributed by atoms with Crippen LogP contribution in [-0.4, -0.2) is 31.0 Å². The normalized spacial score (nSPS) is 22.0. The maximum absolute atomic E-state index is 5.24. The average Bonchev–Trinajstić information content (AvgIpc) is 2.69. The fourth-order valence-corrected chi connectivity index (χ4v) is 1.10. The van der Waals surface area contributed by atoms with Gasteiger partial charge in [-0.1, -0.05) is 11.1 Å². The summed E-state index contributed by atoms with van der Waals surface area (Å²) in [6.45, 7) is 2.26. The third-order valence-corrected chi connectivity index (χ3v) is 1.73. The Kier molecular flexibility index (Phi) is 2.60. The molecule has 1 N–H and O–H groups in total. The third kappa shape index (κ3) is 2.31. The number of nitrogens with one attached hydrogen (secondary N) is 1. The SMILES string of the molecule is C(#CC1COCCN1)c1ccno1. The van der Waals surface area contributed by atoms with Gasteiger partial charge in [-0.15, -0.1) is 0 Å². The zero-order valence-corrected chi connectivity index (χ0v) is 7.12. The van der Waals surface area contributed by atoms with E-state index in [4.69, 9.17) is 9.26 Å². The van der Waals surface area contributed by atoms with Crippen molar-refractivity contribution in [3.63, 3.8) is 0 Å². The van der Waals surface area contributed by atoms with E-state index in [2.05, 4.69) is 22.3 Å². The van der Waals surface area contributed by atoms with E-state index in [9.17, 15) is 0 Å². The van der Waals surface area contributed by atoms with Crippen LogP contribution in [0.25, 0.3) is 0 Å². The molecule has 1 aliphatic rings. The summed E-state index contributed by atoms with van der Waals surface area (Å²) >= 11 is 0. The van der Waals surface area contributed by atoms with Crippen LogP contribution in [0.15, 0.2) is 16.8 Å². The van der Waals surface area contributed by atoms with Crippen LogP contribution in [0, 0.1) is 11.8 Å². The molecule has 13 heavy (non-hydrogen) atoms. The lowest BCUT2D eigenvalue weighted by Gasteiger charge is -2.18. The van der Waals surface area contributed by atoms with Crippen molar-refractivity contribution in [2.24, 2.45) is 0 Å². The average molecular weight is 178 g/mol. The van der Waals surface area contributed by atoms with Gasteiger partial charge in [-0.25, -0.2) is 0 Å². The molecule has 2 heterocycles. The molecule has 1 aromatic heterocycles. The monoisotopic (exact) mass is 178 g/mol. The molecule has 1 fully saturated rings. The van der Waals surface area contributed by atoms with Gasteiger partial charge in [0.1, 0.15) is 0 Å². The first kappa shape index (κ1) is 8.30. The van der Waals surface area contributed by atoms with E-state index in [-0.39, 0.29) is 6.04 Å². The molecule has 2 rings (SSSR count). The fraction of sp³-hybridized carbons (Fsp3) is 0.444. The largest absolute Gasteiger partial charge is 0.377 e. The molecule has 0 aliphatic carbocycles. The number of morpholine rings is 1. The number of rotatable bonds is 0. The summed E-state index contributed by atoms with van der Waals surface area (Å²) in [4.78, 5) is 0. The third-order valence-electron chi connectivity index (χ3n) is 1.73. The van der Waals surface area contributed by atoms with Crippen molar-refractivity contribution < 1.29 is 9.26 Å². The van der Waals surface area contributed by atoms with Crippen molar-refractivity contribution >= 4 is 0 Å². The predicted octanol–water partition coefficient (Wildman–Crippen LogP) is 0.0145. The van der Waals surface area contributed by atoms with Crippen LogP contribution in [0.4, 0.5) is 0 Å². The van der Waals surface area contributed by atoms with E-state index < -0.39 is 0 Å². The number of hydrogen-bond acceptors (Lipinski definition) is 4. The predicted molar refractivity (Wildman–Crippen MR) is 46.0 cm³/mol. The first-order valence-corrected chi connectivity index (χ1v) is 4.18. The van der Waals surface area contributed by atoms with E-state index >= 15 is 0 Å². The lowest BCUT2D eigenvalue weighted by atomic mass is 10.3. The smallest absolute Gasteiger partial charge is 0.209 e. The summed E-state index contributed by atoms with van der Waals surface area (Å²) < 4.78 is 10.1. The Morgan fingerprint density at radius 3 is 3.31 bits per heavy atom. The van der Waals surface area contributed by atoms with Crippen LogP contribution >= 0.6 is 0 Å². The Balaban J connectivity index is 1.95. The molecule has 0 radical (unpaired) electrons. The molecule has 0 spiro atoms. The molecule has 0 aromatic carbocycles. The summed E-state index contributed by atoms with van der Waals surface area (Å²) in [5.74, 6) is 6.47. The van der Waals surface area contributed by atoms with Gasteiger partial charge in [0.05, 0.1) is 25.5 Å². The van der Waals surface area contributed by atoms with Crippen LogP contribution in [0.2, 0.25) is 0 Å². The van der Waals surface area contributed by atoms with Gasteiger partial charge in [0.15, 0.2) is 0 Å². The van der Waals surface area contributed by atoms with E-state index in [0.29, 0.717) is 12.4 Å². The Hall–Kier alpha value is -1.31. The molecule has 0 saturated carbocycles.